The Kier molecular flexibility index (Phi) is 4.78. The molecule has 102 valence electrons. The normalized spacial score (nSPS) is 18.1. The van der Waals surface area contributed by atoms with Crippen LogP contribution >= 0.6 is 0 Å². The van der Waals surface area contributed by atoms with Crippen molar-refractivity contribution in [1.29, 1.82) is 0 Å². The van der Waals surface area contributed by atoms with E-state index < -0.39 is 0 Å². The summed E-state index contributed by atoms with van der Waals surface area (Å²) in [6, 6.07) is 9.47. The zero-order valence-corrected chi connectivity index (χ0v) is 10.7. The van der Waals surface area contributed by atoms with Gasteiger partial charge in [0.05, 0.1) is 6.04 Å². The third-order valence-electron chi connectivity index (χ3n) is 3.17. The van der Waals surface area contributed by atoms with Crippen LogP contribution in [0, 0.1) is 0 Å². The number of hydrogen-bond donors (Lipinski definition) is 0. The fourth-order valence-electron chi connectivity index (χ4n) is 2.20. The van der Waals surface area contributed by atoms with Crippen molar-refractivity contribution < 1.29 is 19.1 Å². The number of rotatable bonds is 5. The minimum atomic E-state index is -0.346. The average molecular weight is 263 g/mol. The largest absolute Gasteiger partial charge is 0.466 e. The highest BCUT2D eigenvalue weighted by molar-refractivity contribution is 5.68. The van der Waals surface area contributed by atoms with Crippen LogP contribution in [0.5, 0.6) is 0 Å². The Balaban J connectivity index is 1.83. The topological polar surface area (TPSA) is 55.8 Å². The van der Waals surface area contributed by atoms with Crippen LogP contribution in [0.15, 0.2) is 30.3 Å². The van der Waals surface area contributed by atoms with Crippen LogP contribution in [0.25, 0.3) is 0 Å². The first-order valence-corrected chi connectivity index (χ1v) is 6.34. The summed E-state index contributed by atoms with van der Waals surface area (Å²) < 4.78 is 10.00. The molecule has 1 aromatic carbocycles. The van der Waals surface area contributed by atoms with Gasteiger partial charge in [0.25, 0.3) is 6.47 Å². The molecule has 1 atom stereocenters. The molecule has 1 aliphatic heterocycles. The Bertz CT molecular complexity index is 421. The van der Waals surface area contributed by atoms with Gasteiger partial charge >= 0.3 is 6.09 Å². The lowest BCUT2D eigenvalue weighted by molar-refractivity contribution is -0.130. The second-order valence-electron chi connectivity index (χ2n) is 4.46. The third-order valence-corrected chi connectivity index (χ3v) is 3.17. The van der Waals surface area contributed by atoms with E-state index in [0.29, 0.717) is 13.0 Å². The van der Waals surface area contributed by atoms with Gasteiger partial charge in [-0.05, 0) is 18.4 Å². The fourth-order valence-corrected chi connectivity index (χ4v) is 2.20. The number of ether oxygens (including phenoxy) is 2. The molecule has 5 heteroatoms. The Morgan fingerprint density at radius 3 is 2.89 bits per heavy atom. The van der Waals surface area contributed by atoms with Crippen molar-refractivity contribution in [2.45, 2.75) is 25.5 Å². The summed E-state index contributed by atoms with van der Waals surface area (Å²) in [7, 11) is 0. The molecule has 1 aliphatic rings. The Morgan fingerprint density at radius 2 is 2.16 bits per heavy atom. The number of benzene rings is 1. The first kappa shape index (κ1) is 13.4. The van der Waals surface area contributed by atoms with E-state index >= 15 is 0 Å². The minimum absolute atomic E-state index is 0.0616. The zero-order valence-electron chi connectivity index (χ0n) is 10.7. The lowest BCUT2D eigenvalue weighted by atomic mass is 10.2. The van der Waals surface area contributed by atoms with E-state index in [9.17, 15) is 9.59 Å². The van der Waals surface area contributed by atoms with Gasteiger partial charge in [0.15, 0.2) is 0 Å². The molecule has 5 nitrogen and oxygen atoms in total. The quantitative estimate of drug-likeness (QED) is 0.762. The monoisotopic (exact) mass is 263 g/mol. The van der Waals surface area contributed by atoms with Crippen LogP contribution in [-0.4, -0.2) is 36.7 Å². The predicted molar refractivity (Wildman–Crippen MR) is 68.4 cm³/mol. The van der Waals surface area contributed by atoms with Crippen LogP contribution < -0.4 is 0 Å². The summed E-state index contributed by atoms with van der Waals surface area (Å²) in [5.41, 5.74) is 0.954. The number of hydrogen-bond acceptors (Lipinski definition) is 4. The maximum absolute atomic E-state index is 12.0. The van der Waals surface area contributed by atoms with Gasteiger partial charge in [-0.2, -0.15) is 0 Å². The SMILES string of the molecule is O=COC[C@@H]1CCCN1C(=O)OCc1ccccc1. The van der Waals surface area contributed by atoms with Crippen molar-refractivity contribution >= 4 is 12.6 Å². The summed E-state index contributed by atoms with van der Waals surface area (Å²) in [6.07, 6.45) is 1.41. The molecule has 1 fully saturated rings. The lowest BCUT2D eigenvalue weighted by Crippen LogP contribution is -2.38. The molecule has 0 spiro atoms. The summed E-state index contributed by atoms with van der Waals surface area (Å²) in [4.78, 5) is 23.8. The van der Waals surface area contributed by atoms with Gasteiger partial charge in [0.2, 0.25) is 0 Å². The molecule has 19 heavy (non-hydrogen) atoms. The van der Waals surface area contributed by atoms with E-state index in [1.54, 1.807) is 4.90 Å². The summed E-state index contributed by atoms with van der Waals surface area (Å²) >= 11 is 0. The molecule has 0 bridgehead atoms. The van der Waals surface area contributed by atoms with Crippen molar-refractivity contribution in [2.24, 2.45) is 0 Å². The maximum Gasteiger partial charge on any atom is 0.410 e. The van der Waals surface area contributed by atoms with E-state index in [1.807, 2.05) is 30.3 Å². The minimum Gasteiger partial charge on any atom is -0.466 e. The highest BCUT2D eigenvalue weighted by Gasteiger charge is 2.30. The summed E-state index contributed by atoms with van der Waals surface area (Å²) in [6.45, 7) is 1.56. The summed E-state index contributed by atoms with van der Waals surface area (Å²) in [5.74, 6) is 0. The fraction of sp³-hybridized carbons (Fsp3) is 0.429. The number of nitrogens with zero attached hydrogens (tertiary/aromatic N) is 1. The van der Waals surface area contributed by atoms with Crippen LogP contribution in [0.2, 0.25) is 0 Å². The molecule has 0 unspecified atom stereocenters. The van der Waals surface area contributed by atoms with Crippen LogP contribution in [0.3, 0.4) is 0 Å². The molecule has 0 N–H and O–H groups in total. The number of carbonyl (C=O) groups excluding carboxylic acids is 2. The van der Waals surface area contributed by atoms with Crippen LogP contribution in [-0.2, 0) is 20.9 Å². The van der Waals surface area contributed by atoms with Gasteiger partial charge in [-0.15, -0.1) is 0 Å². The van der Waals surface area contributed by atoms with Crippen LogP contribution in [0.1, 0.15) is 18.4 Å². The van der Waals surface area contributed by atoms with E-state index in [-0.39, 0.29) is 25.3 Å². The molecular weight excluding hydrogens is 246 g/mol. The molecule has 0 radical (unpaired) electrons. The first-order chi connectivity index (χ1) is 9.31. The first-order valence-electron chi connectivity index (χ1n) is 6.34. The van der Waals surface area contributed by atoms with Crippen LogP contribution in [0.4, 0.5) is 4.79 Å². The third kappa shape index (κ3) is 3.71. The van der Waals surface area contributed by atoms with Gasteiger partial charge in [0.1, 0.15) is 13.2 Å². The molecule has 0 aromatic heterocycles. The van der Waals surface area contributed by atoms with Gasteiger partial charge in [-0.3, -0.25) is 4.79 Å². The zero-order chi connectivity index (χ0) is 13.5. The molecular formula is C14H17NO4. The molecule has 1 heterocycles. The number of carbonyl (C=O) groups is 2. The Hall–Kier alpha value is -2.04. The predicted octanol–water partition coefficient (Wildman–Crippen LogP) is 1.96. The standard InChI is InChI=1S/C14H17NO4/c16-11-18-10-13-7-4-8-15(13)14(17)19-9-12-5-2-1-3-6-12/h1-3,5-6,11,13H,4,7-10H2/t13-/m0/s1. The van der Waals surface area contributed by atoms with Crippen molar-refractivity contribution in [1.82, 2.24) is 4.90 Å². The van der Waals surface area contributed by atoms with E-state index in [0.717, 1.165) is 18.4 Å². The van der Waals surface area contributed by atoms with Crippen molar-refractivity contribution in [3.05, 3.63) is 35.9 Å². The van der Waals surface area contributed by atoms with Crippen molar-refractivity contribution in [3.63, 3.8) is 0 Å². The Morgan fingerprint density at radius 1 is 1.37 bits per heavy atom. The van der Waals surface area contributed by atoms with Crippen molar-refractivity contribution in [2.75, 3.05) is 13.2 Å². The van der Waals surface area contributed by atoms with Gasteiger partial charge in [-0.1, -0.05) is 30.3 Å². The Labute approximate surface area is 112 Å². The smallest absolute Gasteiger partial charge is 0.410 e. The number of likely N-dealkylation sites (tertiary alicyclic amines) is 1. The molecule has 0 saturated carbocycles. The van der Waals surface area contributed by atoms with E-state index in [4.69, 9.17) is 9.47 Å². The van der Waals surface area contributed by atoms with Gasteiger partial charge in [0, 0.05) is 6.54 Å². The van der Waals surface area contributed by atoms with E-state index in [1.165, 1.54) is 0 Å². The average Bonchev–Trinajstić information content (AvgIpc) is 2.92. The lowest BCUT2D eigenvalue weighted by Gasteiger charge is -2.23. The highest BCUT2D eigenvalue weighted by Crippen LogP contribution is 2.18. The molecule has 1 amide bonds. The highest BCUT2D eigenvalue weighted by atomic mass is 16.6. The second kappa shape index (κ2) is 6.78. The van der Waals surface area contributed by atoms with Gasteiger partial charge < -0.3 is 14.4 Å². The van der Waals surface area contributed by atoms with E-state index in [2.05, 4.69) is 0 Å². The number of amides is 1. The molecule has 1 saturated heterocycles. The molecule has 1 aromatic rings. The maximum atomic E-state index is 12.0. The molecule has 0 aliphatic carbocycles. The summed E-state index contributed by atoms with van der Waals surface area (Å²) in [5, 5.41) is 0. The second-order valence-corrected chi connectivity index (χ2v) is 4.46. The van der Waals surface area contributed by atoms with Gasteiger partial charge in [-0.25, -0.2) is 4.79 Å². The van der Waals surface area contributed by atoms with Crippen molar-refractivity contribution in [3.8, 4) is 0 Å². The molecule has 2 rings (SSSR count).